The molecule has 0 saturated carbocycles. The van der Waals surface area contributed by atoms with Gasteiger partial charge in [-0.15, -0.1) is 0 Å². The molecule has 0 unspecified atom stereocenters. The highest BCUT2D eigenvalue weighted by molar-refractivity contribution is 9.10. The van der Waals surface area contributed by atoms with E-state index in [1.54, 1.807) is 31.4 Å². The predicted octanol–water partition coefficient (Wildman–Crippen LogP) is 3.74. The third-order valence-corrected chi connectivity index (χ3v) is 3.61. The second kappa shape index (κ2) is 5.30. The fourth-order valence-corrected chi connectivity index (χ4v) is 2.26. The number of carbonyl (C=O) groups excluding carboxylic acids is 1. The van der Waals surface area contributed by atoms with Crippen molar-refractivity contribution in [3.8, 4) is 0 Å². The average molecular weight is 349 g/mol. The highest BCUT2D eigenvalue weighted by atomic mass is 79.9. The quantitative estimate of drug-likeness (QED) is 0.898. The van der Waals surface area contributed by atoms with Crippen molar-refractivity contribution in [2.24, 2.45) is 7.05 Å². The summed E-state index contributed by atoms with van der Waals surface area (Å²) in [6.07, 6.45) is 1.56. The highest BCUT2D eigenvalue weighted by Crippen LogP contribution is 2.25. The van der Waals surface area contributed by atoms with Crippen LogP contribution in [0.2, 0.25) is 10.0 Å². The first-order chi connectivity index (χ1) is 8.49. The third kappa shape index (κ3) is 2.68. The summed E-state index contributed by atoms with van der Waals surface area (Å²) in [4.78, 5) is 12.0. The first-order valence-corrected chi connectivity index (χ1v) is 6.48. The van der Waals surface area contributed by atoms with E-state index in [4.69, 9.17) is 23.2 Å². The summed E-state index contributed by atoms with van der Waals surface area (Å²) in [5, 5.41) is 7.52. The zero-order chi connectivity index (χ0) is 13.3. The number of amides is 1. The first-order valence-electron chi connectivity index (χ1n) is 4.93. The van der Waals surface area contributed by atoms with Crippen LogP contribution < -0.4 is 5.32 Å². The molecule has 0 aliphatic heterocycles. The van der Waals surface area contributed by atoms with Gasteiger partial charge in [0.25, 0.3) is 5.91 Å². The molecule has 1 aromatic heterocycles. The number of anilines is 1. The fourth-order valence-electron chi connectivity index (χ4n) is 1.43. The Morgan fingerprint density at radius 1 is 1.39 bits per heavy atom. The number of aromatic nitrogens is 2. The lowest BCUT2D eigenvalue weighted by molar-refractivity contribution is 0.101. The molecule has 0 bridgehead atoms. The van der Waals surface area contributed by atoms with Crippen molar-refractivity contribution in [2.75, 3.05) is 5.32 Å². The van der Waals surface area contributed by atoms with Crippen molar-refractivity contribution >= 4 is 50.7 Å². The van der Waals surface area contributed by atoms with E-state index in [1.807, 2.05) is 0 Å². The van der Waals surface area contributed by atoms with Gasteiger partial charge in [-0.25, -0.2) is 0 Å². The van der Waals surface area contributed by atoms with E-state index in [2.05, 4.69) is 26.3 Å². The smallest absolute Gasteiger partial charge is 0.275 e. The van der Waals surface area contributed by atoms with Crippen molar-refractivity contribution < 1.29 is 4.79 Å². The van der Waals surface area contributed by atoms with Crippen molar-refractivity contribution in [1.82, 2.24) is 9.78 Å². The van der Waals surface area contributed by atoms with E-state index < -0.39 is 0 Å². The number of rotatable bonds is 2. The molecule has 1 aromatic carbocycles. The van der Waals surface area contributed by atoms with Gasteiger partial charge >= 0.3 is 0 Å². The predicted molar refractivity (Wildman–Crippen MR) is 75.3 cm³/mol. The number of carbonyl (C=O) groups is 1. The lowest BCUT2D eigenvalue weighted by Crippen LogP contribution is -2.16. The summed E-state index contributed by atoms with van der Waals surface area (Å²) in [7, 11) is 1.69. The maximum Gasteiger partial charge on any atom is 0.275 e. The molecule has 0 saturated heterocycles. The third-order valence-electron chi connectivity index (χ3n) is 2.29. The van der Waals surface area contributed by atoms with Gasteiger partial charge in [-0.2, -0.15) is 5.10 Å². The number of aryl methyl sites for hydroxylation is 1. The Morgan fingerprint density at radius 2 is 2.11 bits per heavy atom. The van der Waals surface area contributed by atoms with Crippen LogP contribution in [0.1, 0.15) is 10.5 Å². The Bertz CT molecular complexity index is 593. The van der Waals surface area contributed by atoms with Crippen LogP contribution in [0.15, 0.2) is 28.9 Å². The topological polar surface area (TPSA) is 46.9 Å². The Labute approximate surface area is 122 Å². The van der Waals surface area contributed by atoms with Gasteiger partial charge in [0.1, 0.15) is 5.69 Å². The molecule has 0 aliphatic rings. The largest absolute Gasteiger partial charge is 0.321 e. The summed E-state index contributed by atoms with van der Waals surface area (Å²) >= 11 is 14.9. The lowest BCUT2D eigenvalue weighted by atomic mass is 10.3. The normalized spacial score (nSPS) is 10.4. The van der Waals surface area contributed by atoms with Gasteiger partial charge in [0.2, 0.25) is 0 Å². The van der Waals surface area contributed by atoms with Crippen LogP contribution in [0.5, 0.6) is 0 Å². The zero-order valence-corrected chi connectivity index (χ0v) is 12.3. The van der Waals surface area contributed by atoms with E-state index in [0.717, 1.165) is 0 Å². The summed E-state index contributed by atoms with van der Waals surface area (Å²) in [6, 6.07) is 4.89. The van der Waals surface area contributed by atoms with Crippen LogP contribution in [0.25, 0.3) is 0 Å². The average Bonchev–Trinajstić information content (AvgIpc) is 2.64. The Hall–Kier alpha value is -1.04. The molecule has 2 aromatic rings. The van der Waals surface area contributed by atoms with Crippen LogP contribution in [0.3, 0.4) is 0 Å². The van der Waals surface area contributed by atoms with Gasteiger partial charge in [-0.1, -0.05) is 23.2 Å². The SMILES string of the molecule is Cn1ncc(Br)c1C(=O)Nc1ccc(Cl)c(Cl)c1. The fraction of sp³-hybridized carbons (Fsp3) is 0.0909. The van der Waals surface area contributed by atoms with Gasteiger partial charge in [-0.3, -0.25) is 9.48 Å². The van der Waals surface area contributed by atoms with Gasteiger partial charge in [-0.05, 0) is 34.1 Å². The molecule has 1 heterocycles. The van der Waals surface area contributed by atoms with Gasteiger partial charge in [0, 0.05) is 12.7 Å². The molecule has 1 amide bonds. The molecule has 0 radical (unpaired) electrons. The monoisotopic (exact) mass is 347 g/mol. The van der Waals surface area contributed by atoms with Crippen molar-refractivity contribution in [3.05, 3.63) is 44.6 Å². The second-order valence-corrected chi connectivity index (χ2v) is 5.22. The molecule has 18 heavy (non-hydrogen) atoms. The Balaban J connectivity index is 2.24. The van der Waals surface area contributed by atoms with E-state index in [1.165, 1.54) is 4.68 Å². The van der Waals surface area contributed by atoms with Crippen molar-refractivity contribution in [3.63, 3.8) is 0 Å². The highest BCUT2D eigenvalue weighted by Gasteiger charge is 2.15. The van der Waals surface area contributed by atoms with Crippen LogP contribution >= 0.6 is 39.1 Å². The zero-order valence-electron chi connectivity index (χ0n) is 9.25. The van der Waals surface area contributed by atoms with E-state index >= 15 is 0 Å². The summed E-state index contributed by atoms with van der Waals surface area (Å²) in [5.74, 6) is -0.278. The number of nitrogens with zero attached hydrogens (tertiary/aromatic N) is 2. The van der Waals surface area contributed by atoms with Crippen molar-refractivity contribution in [1.29, 1.82) is 0 Å². The van der Waals surface area contributed by atoms with Crippen LogP contribution in [0.4, 0.5) is 5.69 Å². The van der Waals surface area contributed by atoms with E-state index in [-0.39, 0.29) is 5.91 Å². The van der Waals surface area contributed by atoms with Gasteiger partial charge in [0.15, 0.2) is 0 Å². The molecule has 4 nitrogen and oxygen atoms in total. The second-order valence-electron chi connectivity index (χ2n) is 3.55. The Kier molecular flexibility index (Phi) is 3.94. The maximum atomic E-state index is 12.0. The Morgan fingerprint density at radius 3 is 2.67 bits per heavy atom. The molecular weight excluding hydrogens is 341 g/mol. The minimum atomic E-state index is -0.278. The molecule has 0 fully saturated rings. The van der Waals surface area contributed by atoms with Gasteiger partial charge in [0.05, 0.1) is 20.7 Å². The lowest BCUT2D eigenvalue weighted by Gasteiger charge is -2.07. The molecule has 0 atom stereocenters. The number of nitrogens with one attached hydrogen (secondary N) is 1. The maximum absolute atomic E-state index is 12.0. The number of halogens is 3. The minimum absolute atomic E-state index is 0.278. The summed E-state index contributed by atoms with van der Waals surface area (Å²) in [5.41, 5.74) is 1.00. The number of hydrogen-bond donors (Lipinski definition) is 1. The number of hydrogen-bond acceptors (Lipinski definition) is 2. The molecule has 2 rings (SSSR count). The van der Waals surface area contributed by atoms with Crippen LogP contribution in [0, 0.1) is 0 Å². The van der Waals surface area contributed by atoms with Crippen LogP contribution in [-0.4, -0.2) is 15.7 Å². The van der Waals surface area contributed by atoms with Crippen molar-refractivity contribution in [2.45, 2.75) is 0 Å². The van der Waals surface area contributed by atoms with Gasteiger partial charge < -0.3 is 5.32 Å². The molecular formula is C11H8BrCl2N3O. The standard InChI is InChI=1S/C11H8BrCl2N3O/c1-17-10(7(12)5-15-17)11(18)16-6-2-3-8(13)9(14)4-6/h2-5H,1H3,(H,16,18). The van der Waals surface area contributed by atoms with E-state index in [9.17, 15) is 4.79 Å². The minimum Gasteiger partial charge on any atom is -0.321 e. The first kappa shape index (κ1) is 13.4. The van der Waals surface area contributed by atoms with E-state index in [0.29, 0.717) is 25.9 Å². The number of benzene rings is 1. The summed E-state index contributed by atoms with van der Waals surface area (Å²) < 4.78 is 2.11. The molecule has 0 spiro atoms. The molecule has 7 heteroatoms. The summed E-state index contributed by atoms with van der Waals surface area (Å²) in [6.45, 7) is 0. The molecule has 0 aliphatic carbocycles. The van der Waals surface area contributed by atoms with Crippen LogP contribution in [-0.2, 0) is 7.05 Å². The molecule has 94 valence electrons. The molecule has 1 N–H and O–H groups in total.